The van der Waals surface area contributed by atoms with E-state index in [2.05, 4.69) is 6.92 Å². The van der Waals surface area contributed by atoms with E-state index in [4.69, 9.17) is 4.42 Å². The molecule has 0 N–H and O–H groups in total. The molecule has 114 valence electrons. The number of halogens is 1. The molecular weight excluding hydrogens is 299 g/mol. The Morgan fingerprint density at radius 2 is 1.64 bits per heavy atom. The lowest BCUT2D eigenvalue weighted by Gasteiger charge is -2.07. The van der Waals surface area contributed by atoms with Crippen molar-refractivity contribution in [2.45, 2.75) is 37.5 Å². The summed E-state index contributed by atoms with van der Waals surface area (Å²) in [6.45, 7) is 7.93. The van der Waals surface area contributed by atoms with E-state index in [0.717, 1.165) is 22.1 Å². The third kappa shape index (κ3) is 2.28. The van der Waals surface area contributed by atoms with Crippen LogP contribution in [0.5, 0.6) is 0 Å². The summed E-state index contributed by atoms with van der Waals surface area (Å²) < 4.78 is 31.8. The second-order valence-corrected chi connectivity index (χ2v) is 6.94. The van der Waals surface area contributed by atoms with Gasteiger partial charge in [0.15, 0.2) is 0 Å². The second-order valence-electron chi connectivity index (χ2n) is 5.53. The van der Waals surface area contributed by atoms with Crippen LogP contribution in [0.3, 0.4) is 0 Å². The van der Waals surface area contributed by atoms with Gasteiger partial charge in [-0.25, -0.2) is 8.60 Å². The minimum Gasteiger partial charge on any atom is -0.460 e. The maximum atomic E-state index is 13.1. The lowest BCUT2D eigenvalue weighted by molar-refractivity contribution is 0.566. The summed E-state index contributed by atoms with van der Waals surface area (Å²) in [6.07, 6.45) is 0. The lowest BCUT2D eigenvalue weighted by Crippen LogP contribution is -1.96. The van der Waals surface area contributed by atoms with Crippen LogP contribution in [0.15, 0.2) is 44.5 Å². The van der Waals surface area contributed by atoms with Crippen LogP contribution in [0, 0.1) is 33.5 Å². The third-order valence-corrected chi connectivity index (χ3v) is 5.71. The van der Waals surface area contributed by atoms with Crippen LogP contribution in [-0.4, -0.2) is 4.21 Å². The van der Waals surface area contributed by atoms with Gasteiger partial charge in [0.2, 0.25) is 0 Å². The highest BCUT2D eigenvalue weighted by molar-refractivity contribution is 7.85. The smallest absolute Gasteiger partial charge is 0.136 e. The summed E-state index contributed by atoms with van der Waals surface area (Å²) in [6, 6.07) is 7.75. The van der Waals surface area contributed by atoms with Gasteiger partial charge in [0.05, 0.1) is 15.7 Å². The molecule has 2 aromatic carbocycles. The van der Waals surface area contributed by atoms with E-state index in [9.17, 15) is 8.60 Å². The van der Waals surface area contributed by atoms with Gasteiger partial charge < -0.3 is 4.42 Å². The summed E-state index contributed by atoms with van der Waals surface area (Å²) >= 11 is 0. The minimum absolute atomic E-state index is 0.336. The quantitative estimate of drug-likeness (QED) is 0.668. The van der Waals surface area contributed by atoms with Gasteiger partial charge in [-0.05, 0) is 74.7 Å². The van der Waals surface area contributed by atoms with E-state index in [1.807, 2.05) is 26.8 Å². The molecule has 22 heavy (non-hydrogen) atoms. The van der Waals surface area contributed by atoms with Crippen molar-refractivity contribution in [3.63, 3.8) is 0 Å². The Bertz CT molecular complexity index is 892. The average Bonchev–Trinajstić information content (AvgIpc) is 2.81. The van der Waals surface area contributed by atoms with Crippen LogP contribution in [0.1, 0.15) is 22.5 Å². The number of benzene rings is 2. The zero-order valence-electron chi connectivity index (χ0n) is 13.0. The molecule has 0 radical (unpaired) electrons. The van der Waals surface area contributed by atoms with Crippen molar-refractivity contribution in [3.05, 3.63) is 58.6 Å². The van der Waals surface area contributed by atoms with Crippen molar-refractivity contribution < 1.29 is 13.0 Å². The number of hydrogen-bond acceptors (Lipinski definition) is 2. The summed E-state index contributed by atoms with van der Waals surface area (Å²) in [5.74, 6) is 0.308. The Hall–Kier alpha value is -1.94. The molecule has 0 aliphatic rings. The van der Waals surface area contributed by atoms with Crippen LogP contribution in [0.2, 0.25) is 0 Å². The minimum atomic E-state index is -1.40. The van der Waals surface area contributed by atoms with Crippen LogP contribution in [-0.2, 0) is 10.8 Å². The second kappa shape index (κ2) is 5.36. The van der Waals surface area contributed by atoms with Crippen molar-refractivity contribution in [1.82, 2.24) is 0 Å². The molecule has 1 atom stereocenters. The monoisotopic (exact) mass is 316 g/mol. The SMILES string of the molecule is Cc1cc2oc(C)c([S@@](=O)c3ccc(F)cc3)c2c(C)c1C. The highest BCUT2D eigenvalue weighted by Gasteiger charge is 2.21. The van der Waals surface area contributed by atoms with Gasteiger partial charge in [-0.15, -0.1) is 0 Å². The molecule has 0 saturated carbocycles. The first kappa shape index (κ1) is 15.0. The Balaban J connectivity index is 2.26. The Morgan fingerprint density at radius 1 is 1.00 bits per heavy atom. The Labute approximate surface area is 131 Å². The van der Waals surface area contributed by atoms with Crippen molar-refractivity contribution >= 4 is 21.8 Å². The normalized spacial score (nSPS) is 12.8. The highest BCUT2D eigenvalue weighted by Crippen LogP contribution is 2.35. The molecule has 1 heterocycles. The Morgan fingerprint density at radius 3 is 2.27 bits per heavy atom. The molecule has 0 fully saturated rings. The molecule has 1 aromatic heterocycles. The van der Waals surface area contributed by atoms with Crippen molar-refractivity contribution in [2.24, 2.45) is 0 Å². The number of rotatable bonds is 2. The van der Waals surface area contributed by atoms with Crippen molar-refractivity contribution in [2.75, 3.05) is 0 Å². The zero-order chi connectivity index (χ0) is 16.0. The molecule has 3 aromatic rings. The van der Waals surface area contributed by atoms with Crippen molar-refractivity contribution in [1.29, 1.82) is 0 Å². The molecule has 0 aliphatic carbocycles. The van der Waals surface area contributed by atoms with Gasteiger partial charge in [-0.2, -0.15) is 0 Å². The first-order valence-electron chi connectivity index (χ1n) is 7.07. The van der Waals surface area contributed by atoms with E-state index in [0.29, 0.717) is 15.6 Å². The molecule has 4 heteroatoms. The molecule has 0 bridgehead atoms. The third-order valence-electron chi connectivity index (χ3n) is 4.15. The molecule has 0 aliphatic heterocycles. The largest absolute Gasteiger partial charge is 0.460 e. The van der Waals surface area contributed by atoms with Gasteiger partial charge in [-0.3, -0.25) is 0 Å². The summed E-state index contributed by atoms with van der Waals surface area (Å²) in [5, 5.41) is 0.906. The summed E-state index contributed by atoms with van der Waals surface area (Å²) in [7, 11) is -1.40. The van der Waals surface area contributed by atoms with E-state index in [1.165, 1.54) is 17.7 Å². The molecule has 0 amide bonds. The van der Waals surface area contributed by atoms with Gasteiger partial charge in [0.25, 0.3) is 0 Å². The molecule has 3 rings (SSSR count). The molecule has 0 unspecified atom stereocenters. The molecule has 2 nitrogen and oxygen atoms in total. The maximum Gasteiger partial charge on any atom is 0.136 e. The summed E-state index contributed by atoms with van der Waals surface area (Å²) in [5.41, 5.74) is 4.16. The van der Waals surface area contributed by atoms with Gasteiger partial charge in [0, 0.05) is 10.3 Å². The first-order valence-corrected chi connectivity index (χ1v) is 8.22. The fourth-order valence-electron chi connectivity index (χ4n) is 2.69. The molecule has 0 saturated heterocycles. The highest BCUT2D eigenvalue weighted by atomic mass is 32.2. The van der Waals surface area contributed by atoms with Crippen LogP contribution in [0.4, 0.5) is 4.39 Å². The van der Waals surface area contributed by atoms with Gasteiger partial charge >= 0.3 is 0 Å². The standard InChI is InChI=1S/C18H17FO2S/c1-10-9-16-17(12(3)11(10)2)18(13(4)21-16)22(20)15-7-5-14(19)6-8-15/h5-9H,1-4H3/t22-/m0/s1. The van der Waals surface area contributed by atoms with E-state index in [-0.39, 0.29) is 5.82 Å². The number of furan rings is 1. The molecular formula is C18H17FO2S. The van der Waals surface area contributed by atoms with E-state index in [1.54, 1.807) is 12.1 Å². The number of hydrogen-bond donors (Lipinski definition) is 0. The summed E-state index contributed by atoms with van der Waals surface area (Å²) in [4.78, 5) is 1.26. The maximum absolute atomic E-state index is 13.1. The fourth-order valence-corrected chi connectivity index (χ4v) is 4.06. The fraction of sp³-hybridized carbons (Fsp3) is 0.222. The average molecular weight is 316 g/mol. The van der Waals surface area contributed by atoms with Crippen LogP contribution >= 0.6 is 0 Å². The van der Waals surface area contributed by atoms with Crippen LogP contribution < -0.4 is 0 Å². The van der Waals surface area contributed by atoms with Crippen molar-refractivity contribution in [3.8, 4) is 0 Å². The topological polar surface area (TPSA) is 30.2 Å². The van der Waals surface area contributed by atoms with Crippen LogP contribution in [0.25, 0.3) is 11.0 Å². The predicted octanol–water partition coefficient (Wildman–Crippen LogP) is 4.97. The predicted molar refractivity (Wildman–Crippen MR) is 86.2 cm³/mol. The zero-order valence-corrected chi connectivity index (χ0v) is 13.8. The van der Waals surface area contributed by atoms with E-state index < -0.39 is 10.8 Å². The number of aryl methyl sites for hydroxylation is 3. The lowest BCUT2D eigenvalue weighted by atomic mass is 10.0. The number of fused-ring (bicyclic) bond motifs is 1. The first-order chi connectivity index (χ1) is 10.4. The van der Waals surface area contributed by atoms with Gasteiger partial charge in [-0.1, -0.05) is 0 Å². The van der Waals surface area contributed by atoms with E-state index >= 15 is 0 Å². The van der Waals surface area contributed by atoms with Gasteiger partial charge in [0.1, 0.15) is 17.2 Å². The Kier molecular flexibility index (Phi) is 3.65. The molecule has 0 spiro atoms.